The average Bonchev–Trinajstić information content (AvgIpc) is 2.60. The maximum Gasteiger partial charge on any atom is 0.262 e. The van der Waals surface area contributed by atoms with E-state index in [0.29, 0.717) is 22.6 Å². The van der Waals surface area contributed by atoms with Gasteiger partial charge in [0.25, 0.3) is 11.8 Å². The fourth-order valence-corrected chi connectivity index (χ4v) is 2.05. The molecule has 0 aliphatic rings. The monoisotopic (exact) mass is 326 g/mol. The molecule has 6 heteroatoms. The molecule has 0 unspecified atom stereocenters. The third-order valence-corrected chi connectivity index (χ3v) is 3.30. The maximum atomic E-state index is 12.0. The molecule has 0 fully saturated rings. The fourth-order valence-electron chi connectivity index (χ4n) is 2.05. The van der Waals surface area contributed by atoms with Crippen LogP contribution in [0.4, 0.5) is 5.69 Å². The first-order valence-electron chi connectivity index (χ1n) is 7.36. The number of hydrogen-bond donors (Lipinski definition) is 2. The molecule has 2 amide bonds. The van der Waals surface area contributed by atoms with Crippen molar-refractivity contribution in [3.8, 4) is 5.75 Å². The van der Waals surface area contributed by atoms with E-state index in [2.05, 4.69) is 10.6 Å². The molecule has 2 aromatic rings. The number of amides is 2. The molecule has 0 aliphatic heterocycles. The van der Waals surface area contributed by atoms with Gasteiger partial charge in [-0.3, -0.25) is 14.4 Å². The summed E-state index contributed by atoms with van der Waals surface area (Å²) in [4.78, 5) is 35.0. The number of Topliss-reactive ketones (excluding diaryl/α,β-unsaturated/α-hetero) is 1. The summed E-state index contributed by atoms with van der Waals surface area (Å²) in [5.74, 6) is -0.228. The van der Waals surface area contributed by atoms with Gasteiger partial charge in [-0.05, 0) is 43.3 Å². The van der Waals surface area contributed by atoms with E-state index in [1.165, 1.54) is 14.0 Å². The van der Waals surface area contributed by atoms with Crippen LogP contribution in [0.15, 0.2) is 48.5 Å². The van der Waals surface area contributed by atoms with Crippen molar-refractivity contribution in [3.63, 3.8) is 0 Å². The number of benzene rings is 2. The number of ether oxygens (including phenoxy) is 1. The lowest BCUT2D eigenvalue weighted by molar-refractivity contribution is -0.118. The van der Waals surface area contributed by atoms with Crippen molar-refractivity contribution < 1.29 is 19.1 Å². The highest BCUT2D eigenvalue weighted by Crippen LogP contribution is 2.16. The topological polar surface area (TPSA) is 84.5 Å². The van der Waals surface area contributed by atoms with Gasteiger partial charge in [-0.25, -0.2) is 0 Å². The van der Waals surface area contributed by atoms with Crippen molar-refractivity contribution in [2.75, 3.05) is 19.0 Å². The number of carbonyl (C=O) groups is 3. The van der Waals surface area contributed by atoms with Crippen LogP contribution in [0.3, 0.4) is 0 Å². The van der Waals surface area contributed by atoms with Crippen LogP contribution >= 0.6 is 0 Å². The van der Waals surface area contributed by atoms with Crippen LogP contribution in [-0.2, 0) is 4.79 Å². The van der Waals surface area contributed by atoms with E-state index < -0.39 is 0 Å². The van der Waals surface area contributed by atoms with E-state index in [0.717, 1.165) is 0 Å². The molecule has 0 radical (unpaired) electrons. The highest BCUT2D eigenvalue weighted by molar-refractivity contribution is 6.03. The molecule has 0 saturated heterocycles. The number of para-hydroxylation sites is 1. The Morgan fingerprint density at radius 3 is 2.29 bits per heavy atom. The minimum atomic E-state index is -0.387. The molecule has 2 rings (SSSR count). The Balaban J connectivity index is 1.96. The summed E-state index contributed by atoms with van der Waals surface area (Å²) in [6, 6.07) is 13.2. The van der Waals surface area contributed by atoms with Crippen molar-refractivity contribution in [1.82, 2.24) is 5.32 Å². The zero-order chi connectivity index (χ0) is 17.5. The van der Waals surface area contributed by atoms with Crippen LogP contribution in [0.1, 0.15) is 27.6 Å². The van der Waals surface area contributed by atoms with Crippen LogP contribution in [0.25, 0.3) is 0 Å². The van der Waals surface area contributed by atoms with Gasteiger partial charge in [0, 0.05) is 12.6 Å². The van der Waals surface area contributed by atoms with Crippen molar-refractivity contribution in [2.24, 2.45) is 0 Å². The molecular formula is C18H18N2O4. The van der Waals surface area contributed by atoms with E-state index in [9.17, 15) is 14.4 Å². The van der Waals surface area contributed by atoms with Crippen LogP contribution in [-0.4, -0.2) is 31.3 Å². The highest BCUT2D eigenvalue weighted by atomic mass is 16.5. The molecule has 0 aromatic heterocycles. The molecular weight excluding hydrogens is 308 g/mol. The van der Waals surface area contributed by atoms with Gasteiger partial charge in [-0.1, -0.05) is 12.1 Å². The first kappa shape index (κ1) is 17.2. The van der Waals surface area contributed by atoms with Crippen molar-refractivity contribution in [2.45, 2.75) is 6.92 Å². The van der Waals surface area contributed by atoms with Gasteiger partial charge >= 0.3 is 0 Å². The summed E-state index contributed by atoms with van der Waals surface area (Å²) < 4.78 is 5.38. The van der Waals surface area contributed by atoms with Crippen molar-refractivity contribution >= 4 is 23.3 Å². The average molecular weight is 326 g/mol. The zero-order valence-electron chi connectivity index (χ0n) is 13.5. The zero-order valence-corrected chi connectivity index (χ0v) is 13.5. The van der Waals surface area contributed by atoms with Gasteiger partial charge in [0.05, 0.1) is 11.3 Å². The lowest BCUT2D eigenvalue weighted by atomic mass is 10.1. The first-order chi connectivity index (χ1) is 11.5. The summed E-state index contributed by atoms with van der Waals surface area (Å²) in [6.45, 7) is 1.27. The van der Waals surface area contributed by atoms with E-state index in [4.69, 9.17) is 4.74 Å². The molecule has 2 N–H and O–H groups in total. The van der Waals surface area contributed by atoms with Gasteiger partial charge in [0.15, 0.2) is 12.4 Å². The van der Waals surface area contributed by atoms with E-state index in [1.54, 1.807) is 48.5 Å². The summed E-state index contributed by atoms with van der Waals surface area (Å²) in [7, 11) is 1.52. The van der Waals surface area contributed by atoms with Crippen LogP contribution in [0.5, 0.6) is 5.75 Å². The van der Waals surface area contributed by atoms with Gasteiger partial charge < -0.3 is 15.4 Å². The molecule has 0 atom stereocenters. The van der Waals surface area contributed by atoms with E-state index in [-0.39, 0.29) is 24.2 Å². The van der Waals surface area contributed by atoms with Gasteiger partial charge in [0.2, 0.25) is 0 Å². The molecule has 0 saturated carbocycles. The normalized spacial score (nSPS) is 9.92. The second-order valence-corrected chi connectivity index (χ2v) is 5.04. The lowest BCUT2D eigenvalue weighted by Gasteiger charge is -2.11. The van der Waals surface area contributed by atoms with Gasteiger partial charge in [-0.2, -0.15) is 0 Å². The summed E-state index contributed by atoms with van der Waals surface area (Å²) in [5.41, 5.74) is 1.36. The SMILES string of the molecule is CNC(=O)c1ccccc1NC(=O)COc1ccc(C(C)=O)cc1. The molecule has 0 spiro atoms. The molecule has 124 valence electrons. The lowest BCUT2D eigenvalue weighted by Crippen LogP contribution is -2.24. The number of carbonyl (C=O) groups excluding carboxylic acids is 3. The van der Waals surface area contributed by atoms with Crippen LogP contribution in [0.2, 0.25) is 0 Å². The Morgan fingerprint density at radius 1 is 1.00 bits per heavy atom. The third kappa shape index (κ3) is 4.42. The number of anilines is 1. The van der Waals surface area contributed by atoms with Crippen molar-refractivity contribution in [3.05, 3.63) is 59.7 Å². The molecule has 24 heavy (non-hydrogen) atoms. The Bertz CT molecular complexity index is 754. The van der Waals surface area contributed by atoms with Crippen molar-refractivity contribution in [1.29, 1.82) is 0 Å². The Kier molecular flexibility index (Phi) is 5.68. The molecule has 0 bridgehead atoms. The molecule has 6 nitrogen and oxygen atoms in total. The number of ketones is 1. The minimum absolute atomic E-state index is 0.0369. The fraction of sp³-hybridized carbons (Fsp3) is 0.167. The van der Waals surface area contributed by atoms with E-state index in [1.807, 2.05) is 0 Å². The number of nitrogens with one attached hydrogen (secondary N) is 2. The summed E-state index contributed by atoms with van der Waals surface area (Å²) in [6.07, 6.45) is 0. The molecule has 0 aliphatic carbocycles. The second-order valence-electron chi connectivity index (χ2n) is 5.04. The Labute approximate surface area is 139 Å². The van der Waals surface area contributed by atoms with Crippen LogP contribution in [0, 0.1) is 0 Å². The van der Waals surface area contributed by atoms with Gasteiger partial charge in [0.1, 0.15) is 5.75 Å². The standard InChI is InChI=1S/C18H18N2O4/c1-12(21)13-7-9-14(10-8-13)24-11-17(22)20-16-6-4-3-5-15(16)18(23)19-2/h3-10H,11H2,1-2H3,(H,19,23)(H,20,22). The van der Waals surface area contributed by atoms with E-state index >= 15 is 0 Å². The largest absolute Gasteiger partial charge is 0.484 e. The Morgan fingerprint density at radius 2 is 1.67 bits per heavy atom. The second kappa shape index (κ2) is 7.92. The minimum Gasteiger partial charge on any atom is -0.484 e. The Hall–Kier alpha value is -3.15. The summed E-state index contributed by atoms with van der Waals surface area (Å²) in [5, 5.41) is 5.16. The molecule has 2 aromatic carbocycles. The quantitative estimate of drug-likeness (QED) is 0.798. The maximum absolute atomic E-state index is 12.0. The summed E-state index contributed by atoms with van der Waals surface area (Å²) >= 11 is 0. The number of rotatable bonds is 6. The molecule has 0 heterocycles. The highest BCUT2D eigenvalue weighted by Gasteiger charge is 2.12. The van der Waals surface area contributed by atoms with Crippen LogP contribution < -0.4 is 15.4 Å². The smallest absolute Gasteiger partial charge is 0.262 e. The predicted octanol–water partition coefficient (Wildman–Crippen LogP) is 2.27. The predicted molar refractivity (Wildman–Crippen MR) is 90.4 cm³/mol. The first-order valence-corrected chi connectivity index (χ1v) is 7.36. The number of hydrogen-bond acceptors (Lipinski definition) is 4. The third-order valence-electron chi connectivity index (χ3n) is 3.30. The van der Waals surface area contributed by atoms with Gasteiger partial charge in [-0.15, -0.1) is 0 Å².